The van der Waals surface area contributed by atoms with Crippen LogP contribution in [0.2, 0.25) is 0 Å². The van der Waals surface area contributed by atoms with E-state index in [0.717, 1.165) is 30.7 Å². The molecule has 2 rings (SSSR count). The van der Waals surface area contributed by atoms with Crippen molar-refractivity contribution < 1.29 is 22.7 Å². The molecule has 1 atom stereocenters. The Hall–Kier alpha value is -0.990. The molecule has 1 unspecified atom stereocenters. The van der Waals surface area contributed by atoms with Gasteiger partial charge in [-0.25, -0.2) is 17.9 Å². The molecule has 2 heterocycles. The lowest BCUT2D eigenvalue weighted by atomic mass is 10.2. The normalized spacial score (nSPS) is 20.3. The lowest BCUT2D eigenvalue weighted by molar-refractivity contribution is 0.0656. The highest BCUT2D eigenvalue weighted by Crippen LogP contribution is 2.24. The van der Waals surface area contributed by atoms with Crippen molar-refractivity contribution in [3.05, 3.63) is 17.9 Å². The van der Waals surface area contributed by atoms with Crippen LogP contribution in [-0.4, -0.2) is 37.0 Å². The molecule has 6 nitrogen and oxygen atoms in total. The van der Waals surface area contributed by atoms with Crippen molar-refractivity contribution in [2.75, 3.05) is 12.3 Å². The van der Waals surface area contributed by atoms with Gasteiger partial charge in [0.25, 0.3) is 10.0 Å². The fraction of sp³-hybridized carbons (Fsp3) is 0.545. The van der Waals surface area contributed by atoms with Gasteiger partial charge in [-0.1, -0.05) is 6.42 Å². The number of nitrogens with one attached hydrogen (secondary N) is 1. The number of hydrogen-bond donors (Lipinski definition) is 2. The van der Waals surface area contributed by atoms with Crippen LogP contribution in [0.25, 0.3) is 0 Å². The third-order valence-electron chi connectivity index (χ3n) is 2.83. The minimum absolute atomic E-state index is 0.275. The van der Waals surface area contributed by atoms with Gasteiger partial charge < -0.3 is 9.52 Å². The fourth-order valence-electron chi connectivity index (χ4n) is 1.82. The Bertz CT molecular complexity index is 545. The molecule has 1 aromatic heterocycles. The van der Waals surface area contributed by atoms with E-state index in [4.69, 9.17) is 9.52 Å². The standard InChI is InChI=1S/C11H15NO5S2/c13-11(14)9-4-5-10(17-9)19(15,16)12-7-8-3-1-2-6-18-8/h4-5,8,12H,1-3,6-7H2,(H,13,14). The quantitative estimate of drug-likeness (QED) is 0.856. The van der Waals surface area contributed by atoms with E-state index >= 15 is 0 Å². The number of carbonyl (C=O) groups is 1. The zero-order valence-corrected chi connectivity index (χ0v) is 11.8. The van der Waals surface area contributed by atoms with E-state index in [-0.39, 0.29) is 16.1 Å². The average molecular weight is 305 g/mol. The smallest absolute Gasteiger partial charge is 0.371 e. The van der Waals surface area contributed by atoms with E-state index in [1.54, 1.807) is 11.8 Å². The van der Waals surface area contributed by atoms with Gasteiger partial charge in [-0.15, -0.1) is 0 Å². The molecular weight excluding hydrogens is 290 g/mol. The van der Waals surface area contributed by atoms with Gasteiger partial charge in [0.2, 0.25) is 10.9 Å². The Labute approximate surface area is 115 Å². The van der Waals surface area contributed by atoms with Crippen molar-refractivity contribution in [1.82, 2.24) is 4.72 Å². The van der Waals surface area contributed by atoms with Crippen LogP contribution in [0.3, 0.4) is 0 Å². The number of rotatable bonds is 5. The van der Waals surface area contributed by atoms with Crippen LogP contribution in [0.5, 0.6) is 0 Å². The molecule has 2 N–H and O–H groups in total. The van der Waals surface area contributed by atoms with E-state index in [1.165, 1.54) is 6.42 Å². The number of aromatic carboxylic acids is 1. The molecule has 0 aliphatic carbocycles. The molecule has 8 heteroatoms. The topological polar surface area (TPSA) is 96.6 Å². The summed E-state index contributed by atoms with van der Waals surface area (Å²) in [6, 6.07) is 2.28. The molecule has 1 aliphatic rings. The summed E-state index contributed by atoms with van der Waals surface area (Å²) in [4.78, 5) is 10.6. The minimum Gasteiger partial charge on any atom is -0.475 e. The molecule has 0 amide bonds. The van der Waals surface area contributed by atoms with Gasteiger partial charge in [0.15, 0.2) is 0 Å². The molecule has 0 radical (unpaired) electrons. The van der Waals surface area contributed by atoms with Crippen LogP contribution in [0, 0.1) is 0 Å². The van der Waals surface area contributed by atoms with Crippen molar-refractivity contribution in [3.8, 4) is 0 Å². The molecule has 0 spiro atoms. The van der Waals surface area contributed by atoms with E-state index in [1.807, 2.05) is 0 Å². The van der Waals surface area contributed by atoms with Crippen LogP contribution in [0.15, 0.2) is 21.6 Å². The summed E-state index contributed by atoms with van der Waals surface area (Å²) in [6.07, 6.45) is 3.28. The molecular formula is C11H15NO5S2. The van der Waals surface area contributed by atoms with Gasteiger partial charge in [0, 0.05) is 11.8 Å². The first-order valence-corrected chi connectivity index (χ1v) is 8.46. The third-order valence-corrected chi connectivity index (χ3v) is 5.53. The number of thioether (sulfide) groups is 1. The summed E-state index contributed by atoms with van der Waals surface area (Å²) in [6.45, 7) is 0.343. The maximum atomic E-state index is 11.9. The van der Waals surface area contributed by atoms with Crippen molar-refractivity contribution in [2.24, 2.45) is 0 Å². The first-order valence-electron chi connectivity index (χ1n) is 5.93. The van der Waals surface area contributed by atoms with E-state index in [9.17, 15) is 13.2 Å². The maximum absolute atomic E-state index is 11.9. The second-order valence-electron chi connectivity index (χ2n) is 4.26. The Kier molecular flexibility index (Phi) is 4.54. The number of carboxylic acid groups (broad SMARTS) is 1. The molecule has 106 valence electrons. The molecule has 0 bridgehead atoms. The summed E-state index contributed by atoms with van der Waals surface area (Å²) in [7, 11) is -3.77. The Morgan fingerprint density at radius 1 is 1.47 bits per heavy atom. The van der Waals surface area contributed by atoms with Crippen LogP contribution in [0.1, 0.15) is 29.8 Å². The molecule has 1 aromatic rings. The Balaban J connectivity index is 1.98. The van der Waals surface area contributed by atoms with Crippen molar-refractivity contribution in [3.63, 3.8) is 0 Å². The number of sulfonamides is 1. The Morgan fingerprint density at radius 2 is 2.26 bits per heavy atom. The van der Waals surface area contributed by atoms with Gasteiger partial charge in [-0.05, 0) is 30.7 Å². The van der Waals surface area contributed by atoms with Gasteiger partial charge in [-0.3, -0.25) is 0 Å². The second kappa shape index (κ2) is 5.98. The van der Waals surface area contributed by atoms with Gasteiger partial charge in [0.1, 0.15) is 0 Å². The highest BCUT2D eigenvalue weighted by molar-refractivity contribution is 8.00. The highest BCUT2D eigenvalue weighted by Gasteiger charge is 2.23. The van der Waals surface area contributed by atoms with Gasteiger partial charge in [0.05, 0.1) is 0 Å². The third kappa shape index (κ3) is 3.74. The summed E-state index contributed by atoms with van der Waals surface area (Å²) in [5.41, 5.74) is 0. The molecule has 1 aliphatic heterocycles. The summed E-state index contributed by atoms with van der Waals surface area (Å²) >= 11 is 1.76. The zero-order valence-electron chi connectivity index (χ0n) is 10.2. The summed E-state index contributed by atoms with van der Waals surface area (Å²) in [5, 5.41) is 8.60. The average Bonchev–Trinajstić information content (AvgIpc) is 2.88. The number of furan rings is 1. The second-order valence-corrected chi connectivity index (χ2v) is 7.37. The van der Waals surface area contributed by atoms with Crippen molar-refractivity contribution in [1.29, 1.82) is 0 Å². The molecule has 0 aromatic carbocycles. The maximum Gasteiger partial charge on any atom is 0.371 e. The minimum atomic E-state index is -3.77. The molecule has 1 saturated heterocycles. The van der Waals surface area contributed by atoms with Crippen LogP contribution in [0.4, 0.5) is 0 Å². The molecule has 0 saturated carbocycles. The first-order chi connectivity index (χ1) is 8.99. The largest absolute Gasteiger partial charge is 0.475 e. The SMILES string of the molecule is O=C(O)c1ccc(S(=O)(=O)NCC2CCCCS2)o1. The highest BCUT2D eigenvalue weighted by atomic mass is 32.2. The van der Waals surface area contributed by atoms with Gasteiger partial charge >= 0.3 is 5.97 Å². The van der Waals surface area contributed by atoms with Crippen molar-refractivity contribution in [2.45, 2.75) is 29.6 Å². The lowest BCUT2D eigenvalue weighted by Crippen LogP contribution is -2.31. The van der Waals surface area contributed by atoms with Crippen LogP contribution >= 0.6 is 11.8 Å². The summed E-state index contributed by atoms with van der Waals surface area (Å²) in [5.74, 6) is -0.618. The van der Waals surface area contributed by atoms with Gasteiger partial charge in [-0.2, -0.15) is 11.8 Å². The lowest BCUT2D eigenvalue weighted by Gasteiger charge is -2.20. The number of carboxylic acids is 1. The predicted octanol–water partition coefficient (Wildman–Crippen LogP) is 1.54. The predicted molar refractivity (Wildman–Crippen MR) is 71.0 cm³/mol. The van der Waals surface area contributed by atoms with E-state index in [0.29, 0.717) is 6.54 Å². The monoisotopic (exact) mass is 305 g/mol. The zero-order chi connectivity index (χ0) is 13.9. The fourth-order valence-corrected chi connectivity index (χ4v) is 4.18. The molecule has 1 fully saturated rings. The van der Waals surface area contributed by atoms with E-state index in [2.05, 4.69) is 4.72 Å². The van der Waals surface area contributed by atoms with Crippen LogP contribution in [-0.2, 0) is 10.0 Å². The van der Waals surface area contributed by atoms with Crippen molar-refractivity contribution >= 4 is 27.8 Å². The van der Waals surface area contributed by atoms with Crippen LogP contribution < -0.4 is 4.72 Å². The Morgan fingerprint density at radius 3 is 2.84 bits per heavy atom. The van der Waals surface area contributed by atoms with E-state index < -0.39 is 16.0 Å². The molecule has 19 heavy (non-hydrogen) atoms. The number of hydrogen-bond acceptors (Lipinski definition) is 5. The first kappa shape index (κ1) is 14.4. The summed E-state index contributed by atoms with van der Waals surface area (Å²) < 4.78 is 31.1.